The molecule has 0 radical (unpaired) electrons. The molecule has 11 nitrogen and oxygen atoms in total. The normalized spacial score (nSPS) is 21.6. The summed E-state index contributed by atoms with van der Waals surface area (Å²) in [6, 6.07) is 0. The van der Waals surface area contributed by atoms with E-state index in [0.717, 1.165) is 0 Å². The fraction of sp³-hybridized carbons (Fsp3) is 0.800. The van der Waals surface area contributed by atoms with Crippen LogP contribution in [-0.2, 0) is 42.9 Å². The van der Waals surface area contributed by atoms with Gasteiger partial charge >= 0.3 is 11.9 Å². The van der Waals surface area contributed by atoms with Crippen LogP contribution >= 0.6 is 0 Å². The van der Waals surface area contributed by atoms with Crippen molar-refractivity contribution in [3.05, 3.63) is 0 Å². The zero-order valence-corrected chi connectivity index (χ0v) is 18.5. The largest absolute Gasteiger partial charge is 0.463 e. The molecule has 0 unspecified atom stereocenters. The number of carbonyl (C=O) groups is 4. The molecule has 11 heteroatoms. The molecule has 1 fully saturated rings. The number of cyclic esters (lactones) is 2. The highest BCUT2D eigenvalue weighted by Crippen LogP contribution is 2.00. The average molecular weight is 446 g/mol. The summed E-state index contributed by atoms with van der Waals surface area (Å²) in [6.45, 7) is 2.63. The Morgan fingerprint density at radius 1 is 0.516 bits per heavy atom. The van der Waals surface area contributed by atoms with E-state index in [1.165, 1.54) is 9.80 Å². The minimum atomic E-state index is -0.481. The number of esters is 2. The van der Waals surface area contributed by atoms with Crippen LogP contribution < -0.4 is 0 Å². The fourth-order valence-electron chi connectivity index (χ4n) is 2.45. The van der Waals surface area contributed by atoms with Gasteiger partial charge in [-0.05, 0) is 0 Å². The van der Waals surface area contributed by atoms with Crippen LogP contribution in [0.25, 0.3) is 0 Å². The van der Waals surface area contributed by atoms with E-state index in [1.54, 1.807) is 14.1 Å². The van der Waals surface area contributed by atoms with Crippen LogP contribution in [0.2, 0.25) is 0 Å². The lowest BCUT2D eigenvalue weighted by atomic mass is 10.3. The molecule has 0 saturated carbocycles. The van der Waals surface area contributed by atoms with E-state index in [1.807, 2.05) is 0 Å². The lowest BCUT2D eigenvalue weighted by molar-refractivity contribution is -0.149. The smallest absolute Gasteiger partial charge is 0.306 e. The van der Waals surface area contributed by atoms with Crippen molar-refractivity contribution in [2.45, 2.75) is 25.7 Å². The molecule has 0 aromatic rings. The summed E-state index contributed by atoms with van der Waals surface area (Å²) < 4.78 is 26.1. The molecule has 1 saturated heterocycles. The second-order valence-corrected chi connectivity index (χ2v) is 6.91. The SMILES string of the molecule is CN1CCOCCOCCN(C)C(=O)CCC(=O)OCCOCCOC(=O)CCC1=O. The lowest BCUT2D eigenvalue weighted by Crippen LogP contribution is -2.31. The van der Waals surface area contributed by atoms with Gasteiger partial charge in [-0.3, -0.25) is 19.2 Å². The van der Waals surface area contributed by atoms with Crippen molar-refractivity contribution in [1.82, 2.24) is 9.80 Å². The maximum Gasteiger partial charge on any atom is 0.306 e. The number of carbonyl (C=O) groups excluding carboxylic acids is 4. The van der Waals surface area contributed by atoms with E-state index in [9.17, 15) is 19.2 Å². The van der Waals surface area contributed by atoms with Crippen LogP contribution in [0.3, 0.4) is 0 Å². The predicted molar refractivity (Wildman–Crippen MR) is 108 cm³/mol. The Balaban J connectivity index is 2.41. The molecule has 0 N–H and O–H groups in total. The van der Waals surface area contributed by atoms with Gasteiger partial charge in [0.05, 0.1) is 52.5 Å². The van der Waals surface area contributed by atoms with E-state index in [-0.39, 0.29) is 63.9 Å². The number of rotatable bonds is 0. The second-order valence-electron chi connectivity index (χ2n) is 6.91. The first-order chi connectivity index (χ1) is 14.9. The quantitative estimate of drug-likeness (QED) is 0.458. The number of hydrogen-bond acceptors (Lipinski definition) is 9. The zero-order chi connectivity index (χ0) is 22.9. The Hall–Kier alpha value is -2.24. The Morgan fingerprint density at radius 3 is 1.29 bits per heavy atom. The molecule has 0 aliphatic carbocycles. The molecule has 0 aromatic heterocycles. The van der Waals surface area contributed by atoms with Gasteiger partial charge in [-0.2, -0.15) is 0 Å². The third-order valence-electron chi connectivity index (χ3n) is 4.43. The van der Waals surface area contributed by atoms with Crippen LogP contribution in [0, 0.1) is 0 Å². The average Bonchev–Trinajstić information content (AvgIpc) is 2.75. The van der Waals surface area contributed by atoms with Gasteiger partial charge in [-0.1, -0.05) is 0 Å². The number of nitrogens with zero attached hydrogens (tertiary/aromatic N) is 2. The van der Waals surface area contributed by atoms with E-state index in [4.69, 9.17) is 23.7 Å². The van der Waals surface area contributed by atoms with Gasteiger partial charge in [0, 0.05) is 40.0 Å². The summed E-state index contributed by atoms with van der Waals surface area (Å²) >= 11 is 0. The highest BCUT2D eigenvalue weighted by molar-refractivity contribution is 5.81. The molecule has 0 atom stereocenters. The maximum absolute atomic E-state index is 12.0. The minimum Gasteiger partial charge on any atom is -0.463 e. The molecule has 0 bridgehead atoms. The van der Waals surface area contributed by atoms with Crippen molar-refractivity contribution in [1.29, 1.82) is 0 Å². The maximum atomic E-state index is 12.0. The van der Waals surface area contributed by atoms with Gasteiger partial charge in [0.1, 0.15) is 13.2 Å². The summed E-state index contributed by atoms with van der Waals surface area (Å²) in [4.78, 5) is 50.4. The van der Waals surface area contributed by atoms with Crippen molar-refractivity contribution in [3.8, 4) is 0 Å². The van der Waals surface area contributed by atoms with Crippen LogP contribution in [0.4, 0.5) is 0 Å². The van der Waals surface area contributed by atoms with Crippen molar-refractivity contribution >= 4 is 23.8 Å². The molecule has 31 heavy (non-hydrogen) atoms. The first-order valence-electron chi connectivity index (χ1n) is 10.4. The summed E-state index contributed by atoms with van der Waals surface area (Å²) in [5, 5.41) is 0. The van der Waals surface area contributed by atoms with Crippen LogP contribution in [0.5, 0.6) is 0 Å². The van der Waals surface area contributed by atoms with E-state index >= 15 is 0 Å². The molecule has 2 amide bonds. The Kier molecular flexibility index (Phi) is 14.2. The van der Waals surface area contributed by atoms with Gasteiger partial charge in [0.15, 0.2) is 0 Å². The van der Waals surface area contributed by atoms with E-state index < -0.39 is 11.9 Å². The third kappa shape index (κ3) is 13.6. The van der Waals surface area contributed by atoms with E-state index in [0.29, 0.717) is 39.5 Å². The topological polar surface area (TPSA) is 121 Å². The number of likely N-dealkylation sites (N-methyl/N-ethyl adjacent to an activating group) is 2. The van der Waals surface area contributed by atoms with E-state index in [2.05, 4.69) is 0 Å². The Morgan fingerprint density at radius 2 is 0.871 bits per heavy atom. The first-order valence-corrected chi connectivity index (χ1v) is 10.4. The molecule has 1 aliphatic rings. The van der Waals surface area contributed by atoms with Gasteiger partial charge in [-0.15, -0.1) is 0 Å². The van der Waals surface area contributed by atoms with Crippen LogP contribution in [0.15, 0.2) is 0 Å². The molecule has 1 aliphatic heterocycles. The van der Waals surface area contributed by atoms with Gasteiger partial charge < -0.3 is 33.5 Å². The van der Waals surface area contributed by atoms with Crippen LogP contribution in [-0.4, -0.2) is 114 Å². The predicted octanol–water partition coefficient (Wildman–Crippen LogP) is -0.387. The molecule has 0 spiro atoms. The Labute approximate surface area is 182 Å². The van der Waals surface area contributed by atoms with Crippen LogP contribution in [0.1, 0.15) is 25.7 Å². The minimum absolute atomic E-state index is 0.0113. The number of ether oxygens (including phenoxy) is 5. The van der Waals surface area contributed by atoms with Crippen molar-refractivity contribution in [3.63, 3.8) is 0 Å². The standard InChI is InChI=1S/C20H34N2O9/c1-21-7-9-27-11-12-28-10-8-22(2)18(24)4-6-20(26)31-16-14-29-13-15-30-19(25)5-3-17(21)23/h3-16H2,1-2H3. The summed E-state index contributed by atoms with van der Waals surface area (Å²) in [5.74, 6) is -1.31. The third-order valence-corrected chi connectivity index (χ3v) is 4.43. The second kappa shape index (κ2) is 16.5. The van der Waals surface area contributed by atoms with Gasteiger partial charge in [-0.25, -0.2) is 0 Å². The molecule has 0 aromatic carbocycles. The van der Waals surface area contributed by atoms with Gasteiger partial charge in [0.25, 0.3) is 0 Å². The molecular formula is C20H34N2O9. The highest BCUT2D eigenvalue weighted by Gasteiger charge is 2.13. The molecule has 178 valence electrons. The fourth-order valence-corrected chi connectivity index (χ4v) is 2.45. The van der Waals surface area contributed by atoms with Crippen molar-refractivity contribution in [2.24, 2.45) is 0 Å². The lowest BCUT2D eigenvalue weighted by Gasteiger charge is -2.18. The summed E-state index contributed by atoms with van der Waals surface area (Å²) in [7, 11) is 3.29. The summed E-state index contributed by atoms with van der Waals surface area (Å²) in [6.07, 6.45) is 0.0915. The first kappa shape index (κ1) is 26.8. The number of amides is 2. The van der Waals surface area contributed by atoms with Crippen molar-refractivity contribution < 1.29 is 42.9 Å². The van der Waals surface area contributed by atoms with Crippen molar-refractivity contribution in [2.75, 3.05) is 80.0 Å². The monoisotopic (exact) mass is 446 g/mol. The molecule has 1 heterocycles. The molecular weight excluding hydrogens is 412 g/mol. The number of hydrogen-bond donors (Lipinski definition) is 0. The highest BCUT2D eigenvalue weighted by atomic mass is 16.6. The Bertz CT molecular complexity index is 523. The van der Waals surface area contributed by atoms with Gasteiger partial charge in [0.2, 0.25) is 11.8 Å². The molecule has 1 rings (SSSR count). The zero-order valence-electron chi connectivity index (χ0n) is 18.5. The summed E-state index contributed by atoms with van der Waals surface area (Å²) in [5.41, 5.74) is 0.